The molecule has 0 aliphatic carbocycles. The second-order valence-corrected chi connectivity index (χ2v) is 3.77. The molecule has 0 unspecified atom stereocenters. The maximum Gasteiger partial charge on any atom is 0.361 e. The molecule has 0 saturated heterocycles. The van der Waals surface area contributed by atoms with E-state index in [1.165, 1.54) is 16.9 Å². The van der Waals surface area contributed by atoms with Crippen LogP contribution >= 0.6 is 0 Å². The number of aryl methyl sites for hydroxylation is 1. The zero-order valence-electron chi connectivity index (χ0n) is 9.76. The highest BCUT2D eigenvalue weighted by atomic mass is 19.1. The fourth-order valence-electron chi connectivity index (χ4n) is 1.49. The molecule has 0 fully saturated rings. The molecule has 0 aliphatic heterocycles. The molecule has 2 aromatic rings. The molecule has 1 aromatic heterocycles. The van der Waals surface area contributed by atoms with Gasteiger partial charge in [-0.15, -0.1) is 0 Å². The first-order valence-electron chi connectivity index (χ1n) is 5.27. The molecule has 1 heterocycles. The average molecular weight is 249 g/mol. The highest BCUT2D eigenvalue weighted by molar-refractivity contribution is 5.92. The van der Waals surface area contributed by atoms with Crippen molar-refractivity contribution in [3.05, 3.63) is 47.5 Å². The van der Waals surface area contributed by atoms with Crippen LogP contribution in [0.15, 0.2) is 30.5 Å². The maximum atomic E-state index is 13.3. The van der Waals surface area contributed by atoms with Crippen LogP contribution in [0, 0.1) is 5.82 Å². The van der Waals surface area contributed by atoms with Gasteiger partial charge in [-0.2, -0.15) is 5.10 Å². The van der Waals surface area contributed by atoms with E-state index in [2.05, 4.69) is 5.10 Å². The number of carbonyl (C=O) groups is 1. The Morgan fingerprint density at radius 1 is 1.50 bits per heavy atom. The van der Waals surface area contributed by atoms with Gasteiger partial charge in [0.15, 0.2) is 5.69 Å². The Balaban J connectivity index is 2.05. The summed E-state index contributed by atoms with van der Waals surface area (Å²) in [6.45, 7) is -0.151. The topological polar surface area (TPSA) is 70.1 Å². The largest absolute Gasteiger partial charge is 0.456 e. The van der Waals surface area contributed by atoms with Crippen LogP contribution in [-0.2, 0) is 18.4 Å². The molecule has 0 radical (unpaired) electrons. The molecule has 1 aromatic carbocycles. The van der Waals surface area contributed by atoms with Crippen LogP contribution in [0.3, 0.4) is 0 Å². The molecule has 2 N–H and O–H groups in total. The van der Waals surface area contributed by atoms with E-state index in [-0.39, 0.29) is 18.0 Å². The first-order valence-corrected chi connectivity index (χ1v) is 5.27. The summed E-state index contributed by atoms with van der Waals surface area (Å²) in [5, 5.41) is 3.87. The number of esters is 1. The summed E-state index contributed by atoms with van der Waals surface area (Å²) in [5.74, 6) is -1.09. The number of benzene rings is 1. The molecule has 94 valence electrons. The summed E-state index contributed by atoms with van der Waals surface area (Å²) in [4.78, 5) is 11.7. The highest BCUT2D eigenvalue weighted by Gasteiger charge is 2.16. The average Bonchev–Trinajstić information content (AvgIpc) is 2.67. The van der Waals surface area contributed by atoms with Crippen molar-refractivity contribution in [3.63, 3.8) is 0 Å². The smallest absolute Gasteiger partial charge is 0.361 e. The Morgan fingerprint density at radius 3 is 2.83 bits per heavy atom. The summed E-state index contributed by atoms with van der Waals surface area (Å²) in [5.41, 5.74) is 6.16. The van der Waals surface area contributed by atoms with Crippen molar-refractivity contribution in [1.82, 2.24) is 9.78 Å². The minimum Gasteiger partial charge on any atom is -0.456 e. The summed E-state index contributed by atoms with van der Waals surface area (Å²) in [6.07, 6.45) is 1.50. The molecule has 18 heavy (non-hydrogen) atoms. The van der Waals surface area contributed by atoms with E-state index in [1.54, 1.807) is 25.2 Å². The Bertz CT molecular complexity index is 580. The normalized spacial score (nSPS) is 10.3. The number of carbonyl (C=O) groups excluding carboxylic acids is 1. The van der Waals surface area contributed by atoms with Crippen molar-refractivity contribution in [2.75, 3.05) is 5.73 Å². The number of nitrogens with two attached hydrogens (primary N) is 1. The molecule has 0 amide bonds. The fraction of sp³-hybridized carbons (Fsp3) is 0.167. The minimum atomic E-state index is -0.670. The van der Waals surface area contributed by atoms with Crippen LogP contribution in [0.2, 0.25) is 0 Å². The Kier molecular flexibility index (Phi) is 3.27. The Morgan fingerprint density at radius 2 is 2.22 bits per heavy atom. The van der Waals surface area contributed by atoms with Crippen molar-refractivity contribution in [2.45, 2.75) is 6.61 Å². The molecule has 0 aliphatic rings. The van der Waals surface area contributed by atoms with E-state index in [9.17, 15) is 9.18 Å². The van der Waals surface area contributed by atoms with Crippen LogP contribution in [0.1, 0.15) is 16.1 Å². The molecular formula is C12H12FN3O2. The number of aromatic nitrogens is 2. The predicted octanol–water partition coefficient (Wildman–Crippen LogP) is 1.50. The number of nitrogen functional groups attached to an aromatic ring is 1. The van der Waals surface area contributed by atoms with Crippen LogP contribution in [-0.4, -0.2) is 15.7 Å². The molecule has 5 nitrogen and oxygen atoms in total. The van der Waals surface area contributed by atoms with E-state index >= 15 is 0 Å². The van der Waals surface area contributed by atoms with E-state index in [1.807, 2.05) is 0 Å². The van der Waals surface area contributed by atoms with Gasteiger partial charge in [-0.1, -0.05) is 18.2 Å². The number of rotatable bonds is 3. The van der Waals surface area contributed by atoms with E-state index < -0.39 is 11.8 Å². The van der Waals surface area contributed by atoms with Gasteiger partial charge in [0.05, 0.1) is 5.69 Å². The van der Waals surface area contributed by atoms with Crippen molar-refractivity contribution >= 4 is 11.7 Å². The predicted molar refractivity (Wildman–Crippen MR) is 63.1 cm³/mol. The van der Waals surface area contributed by atoms with Crippen LogP contribution in [0.5, 0.6) is 0 Å². The van der Waals surface area contributed by atoms with E-state index in [0.29, 0.717) is 5.56 Å². The lowest BCUT2D eigenvalue weighted by Gasteiger charge is -2.04. The van der Waals surface area contributed by atoms with Crippen LogP contribution < -0.4 is 5.73 Å². The SMILES string of the molecule is Cn1cc(N)c(C(=O)OCc2ccccc2F)n1. The molecule has 0 spiro atoms. The number of anilines is 1. The summed E-state index contributed by atoms with van der Waals surface area (Å²) >= 11 is 0. The van der Waals surface area contributed by atoms with Gasteiger partial charge in [0.25, 0.3) is 0 Å². The third-order valence-electron chi connectivity index (χ3n) is 2.37. The first kappa shape index (κ1) is 12.1. The zero-order chi connectivity index (χ0) is 13.1. The van der Waals surface area contributed by atoms with Gasteiger partial charge in [-0.25, -0.2) is 9.18 Å². The molecule has 0 saturated carbocycles. The third kappa shape index (κ3) is 2.48. The first-order chi connectivity index (χ1) is 8.58. The van der Waals surface area contributed by atoms with Crippen LogP contribution in [0.4, 0.5) is 10.1 Å². The lowest BCUT2D eigenvalue weighted by atomic mass is 10.2. The van der Waals surface area contributed by atoms with Gasteiger partial charge in [0.1, 0.15) is 12.4 Å². The lowest BCUT2D eigenvalue weighted by Crippen LogP contribution is -2.09. The van der Waals surface area contributed by atoms with Crippen molar-refractivity contribution in [3.8, 4) is 0 Å². The van der Waals surface area contributed by atoms with E-state index in [0.717, 1.165) is 0 Å². The van der Waals surface area contributed by atoms with Crippen molar-refractivity contribution in [2.24, 2.45) is 7.05 Å². The van der Waals surface area contributed by atoms with Crippen molar-refractivity contribution in [1.29, 1.82) is 0 Å². The molecule has 6 heteroatoms. The second-order valence-electron chi connectivity index (χ2n) is 3.77. The summed E-state index contributed by atoms with van der Waals surface area (Å²) in [7, 11) is 1.64. The summed E-state index contributed by atoms with van der Waals surface area (Å²) in [6, 6.07) is 6.08. The Labute approximate surface area is 103 Å². The zero-order valence-corrected chi connectivity index (χ0v) is 9.76. The summed E-state index contributed by atoms with van der Waals surface area (Å²) < 4.78 is 19.7. The number of ether oxygens (including phenoxy) is 1. The lowest BCUT2D eigenvalue weighted by molar-refractivity contribution is 0.0462. The van der Waals surface area contributed by atoms with Crippen LogP contribution in [0.25, 0.3) is 0 Å². The minimum absolute atomic E-state index is 0.0360. The highest BCUT2D eigenvalue weighted by Crippen LogP contribution is 2.12. The number of halogens is 1. The van der Waals surface area contributed by atoms with Gasteiger partial charge in [0, 0.05) is 18.8 Å². The van der Waals surface area contributed by atoms with Crippen molar-refractivity contribution < 1.29 is 13.9 Å². The molecule has 0 bridgehead atoms. The third-order valence-corrected chi connectivity index (χ3v) is 2.37. The maximum absolute atomic E-state index is 13.3. The van der Waals surface area contributed by atoms with Gasteiger partial charge < -0.3 is 10.5 Å². The molecular weight excluding hydrogens is 237 g/mol. The van der Waals surface area contributed by atoms with Gasteiger partial charge >= 0.3 is 5.97 Å². The monoisotopic (exact) mass is 249 g/mol. The molecule has 2 rings (SSSR count). The van der Waals surface area contributed by atoms with Gasteiger partial charge in [-0.3, -0.25) is 4.68 Å². The number of hydrogen-bond acceptors (Lipinski definition) is 4. The number of hydrogen-bond donors (Lipinski definition) is 1. The second kappa shape index (κ2) is 4.87. The quantitative estimate of drug-likeness (QED) is 0.837. The van der Waals surface area contributed by atoms with Gasteiger partial charge in [-0.05, 0) is 6.07 Å². The Hall–Kier alpha value is -2.37. The number of nitrogens with zero attached hydrogens (tertiary/aromatic N) is 2. The van der Waals surface area contributed by atoms with E-state index in [4.69, 9.17) is 10.5 Å². The molecule has 0 atom stereocenters. The standard InChI is InChI=1S/C12H12FN3O2/c1-16-6-10(14)11(15-16)12(17)18-7-8-4-2-3-5-9(8)13/h2-6H,7,14H2,1H3. The van der Waals surface area contributed by atoms with Gasteiger partial charge in [0.2, 0.25) is 0 Å². The fourth-order valence-corrected chi connectivity index (χ4v) is 1.49.